The highest BCUT2D eigenvalue weighted by molar-refractivity contribution is 8.01. The molecule has 1 fully saturated rings. The molecular weight excluding hydrogens is 420 g/mol. The first-order valence-electron chi connectivity index (χ1n) is 7.55. The van der Waals surface area contributed by atoms with Gasteiger partial charge in [-0.3, -0.25) is 10.1 Å². The summed E-state index contributed by atoms with van der Waals surface area (Å²) < 4.78 is 33.1. The first-order valence-corrected chi connectivity index (χ1v) is 11.2. The molecular formula is C15H15ClN2O5S3. The molecule has 26 heavy (non-hydrogen) atoms. The standard InChI is InChI=1S/C15H15ClN2O5S3/c1-10-2-3-12(11(8-10)18(19)20)23-9-14-17(6-7-24-14)26(21,22)15-5-4-13(16)25-15/h2-5,8,14H,6-7,9H2,1H3. The number of benzene rings is 1. The Morgan fingerprint density at radius 3 is 2.81 bits per heavy atom. The summed E-state index contributed by atoms with van der Waals surface area (Å²) in [5, 5.41) is 10.7. The van der Waals surface area contributed by atoms with Crippen LogP contribution in [0.1, 0.15) is 5.56 Å². The van der Waals surface area contributed by atoms with Crippen molar-refractivity contribution in [3.05, 3.63) is 50.3 Å². The van der Waals surface area contributed by atoms with E-state index >= 15 is 0 Å². The van der Waals surface area contributed by atoms with Gasteiger partial charge in [0.1, 0.15) is 16.2 Å². The molecule has 3 rings (SSSR count). The highest BCUT2D eigenvalue weighted by atomic mass is 35.5. The molecule has 0 radical (unpaired) electrons. The quantitative estimate of drug-likeness (QED) is 0.508. The molecule has 1 atom stereocenters. The average molecular weight is 435 g/mol. The van der Waals surface area contributed by atoms with Gasteiger partial charge in [0.2, 0.25) is 0 Å². The molecule has 0 spiro atoms. The molecule has 11 heteroatoms. The molecule has 1 saturated heterocycles. The smallest absolute Gasteiger partial charge is 0.311 e. The Balaban J connectivity index is 1.77. The summed E-state index contributed by atoms with van der Waals surface area (Å²) in [4.78, 5) is 10.7. The lowest BCUT2D eigenvalue weighted by molar-refractivity contribution is -0.385. The predicted octanol–water partition coefficient (Wildman–Crippen LogP) is 3.76. The number of thiophene rings is 1. The van der Waals surface area contributed by atoms with Gasteiger partial charge < -0.3 is 4.74 Å². The van der Waals surface area contributed by atoms with Crippen LogP contribution in [0.4, 0.5) is 5.69 Å². The fraction of sp³-hybridized carbons (Fsp3) is 0.333. The van der Waals surface area contributed by atoms with Crippen LogP contribution in [-0.4, -0.2) is 41.9 Å². The topological polar surface area (TPSA) is 89.8 Å². The van der Waals surface area contributed by atoms with Crippen LogP contribution >= 0.6 is 34.7 Å². The van der Waals surface area contributed by atoms with Gasteiger partial charge >= 0.3 is 5.69 Å². The molecule has 7 nitrogen and oxygen atoms in total. The number of ether oxygens (including phenoxy) is 1. The number of nitro benzene ring substituents is 1. The minimum atomic E-state index is -3.67. The maximum absolute atomic E-state index is 12.8. The van der Waals surface area contributed by atoms with Crippen LogP contribution in [0.15, 0.2) is 34.5 Å². The Kier molecular flexibility index (Phi) is 5.78. The van der Waals surface area contributed by atoms with Crippen molar-refractivity contribution >= 4 is 50.4 Å². The molecule has 1 unspecified atom stereocenters. The fourth-order valence-corrected chi connectivity index (χ4v) is 7.23. The minimum Gasteiger partial charge on any atom is -0.484 e. The van der Waals surface area contributed by atoms with Crippen molar-refractivity contribution < 1.29 is 18.1 Å². The normalized spacial score (nSPS) is 18.2. The molecule has 1 aliphatic heterocycles. The summed E-state index contributed by atoms with van der Waals surface area (Å²) in [5.74, 6) is 0.757. The van der Waals surface area contributed by atoms with E-state index in [1.54, 1.807) is 19.1 Å². The number of nitro groups is 1. The summed E-state index contributed by atoms with van der Waals surface area (Å²) in [5.41, 5.74) is 0.616. The Labute approximate surface area is 164 Å². The van der Waals surface area contributed by atoms with Crippen molar-refractivity contribution in [1.29, 1.82) is 0 Å². The van der Waals surface area contributed by atoms with Gasteiger partial charge in [-0.2, -0.15) is 4.31 Å². The molecule has 2 aromatic rings. The molecule has 0 amide bonds. The van der Waals surface area contributed by atoms with E-state index in [-0.39, 0.29) is 22.3 Å². The summed E-state index contributed by atoms with van der Waals surface area (Å²) in [7, 11) is -3.67. The maximum atomic E-state index is 12.8. The largest absolute Gasteiger partial charge is 0.484 e. The van der Waals surface area contributed by atoms with Crippen molar-refractivity contribution in [2.24, 2.45) is 0 Å². The van der Waals surface area contributed by atoms with Crippen molar-refractivity contribution in [1.82, 2.24) is 4.31 Å². The van der Waals surface area contributed by atoms with E-state index < -0.39 is 20.3 Å². The maximum Gasteiger partial charge on any atom is 0.311 e. The van der Waals surface area contributed by atoms with E-state index in [0.717, 1.165) is 16.9 Å². The number of sulfonamides is 1. The van der Waals surface area contributed by atoms with E-state index in [1.807, 2.05) is 0 Å². The zero-order valence-corrected chi connectivity index (χ0v) is 16.8. The number of aryl methyl sites for hydroxylation is 1. The van der Waals surface area contributed by atoms with Gasteiger partial charge in [0.05, 0.1) is 9.26 Å². The molecule has 0 saturated carbocycles. The van der Waals surface area contributed by atoms with Crippen molar-refractivity contribution in [3.8, 4) is 5.75 Å². The number of hydrogen-bond acceptors (Lipinski definition) is 7. The summed E-state index contributed by atoms with van der Waals surface area (Å²) >= 11 is 8.29. The third kappa shape index (κ3) is 3.99. The second-order valence-electron chi connectivity index (χ2n) is 5.54. The first-order chi connectivity index (χ1) is 12.3. The van der Waals surface area contributed by atoms with Gasteiger partial charge in [0.25, 0.3) is 10.0 Å². The Morgan fingerprint density at radius 1 is 1.38 bits per heavy atom. The molecule has 0 N–H and O–H groups in total. The highest BCUT2D eigenvalue weighted by Crippen LogP contribution is 2.35. The molecule has 140 valence electrons. The Morgan fingerprint density at radius 2 is 2.15 bits per heavy atom. The van der Waals surface area contributed by atoms with E-state index in [9.17, 15) is 18.5 Å². The number of hydrogen-bond donors (Lipinski definition) is 0. The van der Waals surface area contributed by atoms with E-state index in [0.29, 0.717) is 16.6 Å². The van der Waals surface area contributed by atoms with Crippen LogP contribution in [0.2, 0.25) is 4.34 Å². The number of thioether (sulfide) groups is 1. The summed E-state index contributed by atoms with van der Waals surface area (Å²) in [6, 6.07) is 7.70. The monoisotopic (exact) mass is 434 g/mol. The summed E-state index contributed by atoms with van der Waals surface area (Å²) in [6.45, 7) is 2.13. The van der Waals surface area contributed by atoms with Crippen molar-refractivity contribution in [2.45, 2.75) is 16.5 Å². The Hall–Kier alpha value is -1.33. The molecule has 2 heterocycles. The lowest BCUT2D eigenvalue weighted by Gasteiger charge is -2.22. The molecule has 1 aliphatic rings. The van der Waals surface area contributed by atoms with Gasteiger partial charge in [0, 0.05) is 18.4 Å². The average Bonchev–Trinajstić information content (AvgIpc) is 3.23. The van der Waals surface area contributed by atoms with Crippen molar-refractivity contribution in [3.63, 3.8) is 0 Å². The van der Waals surface area contributed by atoms with Crippen LogP contribution in [0, 0.1) is 17.0 Å². The SMILES string of the molecule is Cc1ccc(OCC2SCCN2S(=O)(=O)c2ccc(Cl)s2)c([N+](=O)[O-])c1. The Bertz CT molecular complexity index is 931. The van der Waals surface area contributed by atoms with E-state index in [2.05, 4.69) is 0 Å². The van der Waals surface area contributed by atoms with Gasteiger partial charge in [-0.25, -0.2) is 8.42 Å². The third-order valence-electron chi connectivity index (χ3n) is 3.75. The van der Waals surface area contributed by atoms with Gasteiger partial charge in [-0.05, 0) is 30.7 Å². The summed E-state index contributed by atoms with van der Waals surface area (Å²) in [6.07, 6.45) is 0. The second kappa shape index (κ2) is 7.73. The number of halogens is 1. The van der Waals surface area contributed by atoms with Gasteiger partial charge in [-0.1, -0.05) is 17.7 Å². The van der Waals surface area contributed by atoms with Crippen LogP contribution in [-0.2, 0) is 10.0 Å². The molecule has 1 aromatic carbocycles. The van der Waals surface area contributed by atoms with E-state index in [4.69, 9.17) is 16.3 Å². The van der Waals surface area contributed by atoms with Crippen LogP contribution in [0.25, 0.3) is 0 Å². The lowest BCUT2D eigenvalue weighted by atomic mass is 10.2. The molecule has 0 bridgehead atoms. The van der Waals surface area contributed by atoms with Crippen LogP contribution in [0.3, 0.4) is 0 Å². The lowest BCUT2D eigenvalue weighted by Crippen LogP contribution is -2.37. The minimum absolute atomic E-state index is 0.0207. The number of rotatable bonds is 6. The first kappa shape index (κ1) is 19.4. The van der Waals surface area contributed by atoms with Crippen LogP contribution in [0.5, 0.6) is 5.75 Å². The predicted molar refractivity (Wildman–Crippen MR) is 103 cm³/mol. The third-order valence-corrected chi connectivity index (χ3v) is 8.68. The van der Waals surface area contributed by atoms with Gasteiger partial charge in [-0.15, -0.1) is 23.1 Å². The number of nitrogens with zero attached hydrogens (tertiary/aromatic N) is 2. The second-order valence-corrected chi connectivity index (χ2v) is 10.7. The van der Waals surface area contributed by atoms with Crippen LogP contribution < -0.4 is 4.74 Å². The fourth-order valence-electron chi connectivity index (χ4n) is 2.52. The molecule has 1 aromatic heterocycles. The zero-order valence-electron chi connectivity index (χ0n) is 13.6. The molecule has 0 aliphatic carbocycles. The highest BCUT2D eigenvalue weighted by Gasteiger charge is 2.37. The zero-order chi connectivity index (χ0) is 18.9. The van der Waals surface area contributed by atoms with Gasteiger partial charge in [0.15, 0.2) is 5.75 Å². The van der Waals surface area contributed by atoms with E-state index in [1.165, 1.54) is 34.3 Å². The van der Waals surface area contributed by atoms with Crippen molar-refractivity contribution in [2.75, 3.05) is 18.9 Å².